The second-order valence-corrected chi connectivity index (χ2v) is 4.74. The van der Waals surface area contributed by atoms with Crippen LogP contribution in [0.4, 0.5) is 0 Å². The Labute approximate surface area is 123 Å². The molecule has 0 fully saturated rings. The van der Waals surface area contributed by atoms with Crippen LogP contribution < -0.4 is 10.2 Å². The molecular formula is C15H21NO5. The molecule has 6 nitrogen and oxygen atoms in total. The van der Waals surface area contributed by atoms with Crippen molar-refractivity contribution in [3.63, 3.8) is 0 Å². The van der Waals surface area contributed by atoms with E-state index in [1.165, 1.54) is 0 Å². The van der Waals surface area contributed by atoms with Gasteiger partial charge in [-0.05, 0) is 24.6 Å². The van der Waals surface area contributed by atoms with E-state index in [1.807, 2.05) is 0 Å². The lowest BCUT2D eigenvalue weighted by Crippen LogP contribution is -2.20. The van der Waals surface area contributed by atoms with Crippen molar-refractivity contribution in [3.05, 3.63) is 41.5 Å². The average molecular weight is 295 g/mol. The minimum atomic E-state index is -0.779. The van der Waals surface area contributed by atoms with Gasteiger partial charge in [-0.25, -0.2) is 5.48 Å². The molecule has 6 heteroatoms. The quantitative estimate of drug-likeness (QED) is 0.344. The molecule has 0 aliphatic rings. The predicted molar refractivity (Wildman–Crippen MR) is 76.8 cm³/mol. The van der Waals surface area contributed by atoms with Crippen LogP contribution in [0.25, 0.3) is 0 Å². The van der Waals surface area contributed by atoms with E-state index in [0.29, 0.717) is 16.9 Å². The summed E-state index contributed by atoms with van der Waals surface area (Å²) in [5, 5.41) is 27.5. The van der Waals surface area contributed by atoms with Crippen molar-refractivity contribution >= 4 is 5.91 Å². The standard InChI is InChI=1S/C15H21NO5/c1-10(9-11(2)15(19)16-20)14(18)12-3-5-13(6-4-12)21-8-7-17/h3-6,9-10,14,17-18,20H,7-8H2,1-2H3,(H,16,19)/b11-9+/t10-,14+/m0/s1. The number of aliphatic hydroxyl groups excluding tert-OH is 2. The summed E-state index contributed by atoms with van der Waals surface area (Å²) >= 11 is 0. The number of aliphatic hydroxyl groups is 2. The fourth-order valence-electron chi connectivity index (χ4n) is 1.88. The molecule has 116 valence electrons. The molecule has 1 amide bonds. The van der Waals surface area contributed by atoms with E-state index in [1.54, 1.807) is 49.7 Å². The van der Waals surface area contributed by atoms with Gasteiger partial charge in [-0.15, -0.1) is 0 Å². The lowest BCUT2D eigenvalue weighted by atomic mass is 9.95. The molecule has 1 aromatic carbocycles. The highest BCUT2D eigenvalue weighted by atomic mass is 16.5. The largest absolute Gasteiger partial charge is 0.491 e. The summed E-state index contributed by atoms with van der Waals surface area (Å²) in [5.74, 6) is -0.285. The first-order valence-electron chi connectivity index (χ1n) is 6.64. The Bertz CT molecular complexity index is 483. The van der Waals surface area contributed by atoms with Crippen LogP contribution in [0, 0.1) is 5.92 Å². The van der Waals surface area contributed by atoms with Crippen molar-refractivity contribution in [3.8, 4) is 5.75 Å². The first-order chi connectivity index (χ1) is 9.99. The molecule has 0 saturated heterocycles. The van der Waals surface area contributed by atoms with Crippen LogP contribution in [0.3, 0.4) is 0 Å². The van der Waals surface area contributed by atoms with Crippen LogP contribution in [0.5, 0.6) is 5.75 Å². The van der Waals surface area contributed by atoms with Gasteiger partial charge in [0, 0.05) is 11.5 Å². The van der Waals surface area contributed by atoms with Gasteiger partial charge in [-0.1, -0.05) is 25.1 Å². The summed E-state index contributed by atoms with van der Waals surface area (Å²) in [5.41, 5.74) is 2.56. The number of nitrogens with one attached hydrogen (secondary N) is 1. The Morgan fingerprint density at radius 2 is 2.00 bits per heavy atom. The number of benzene rings is 1. The Morgan fingerprint density at radius 3 is 2.52 bits per heavy atom. The van der Waals surface area contributed by atoms with Gasteiger partial charge < -0.3 is 14.9 Å². The van der Waals surface area contributed by atoms with Gasteiger partial charge in [0.05, 0.1) is 12.7 Å². The third-order valence-corrected chi connectivity index (χ3v) is 3.05. The molecular weight excluding hydrogens is 274 g/mol. The highest BCUT2D eigenvalue weighted by molar-refractivity contribution is 5.91. The Balaban J connectivity index is 2.73. The summed E-state index contributed by atoms with van der Waals surface area (Å²) in [6, 6.07) is 6.86. The highest BCUT2D eigenvalue weighted by Crippen LogP contribution is 2.25. The summed E-state index contributed by atoms with van der Waals surface area (Å²) in [4.78, 5) is 11.2. The van der Waals surface area contributed by atoms with Crippen molar-refractivity contribution < 1.29 is 25.0 Å². The zero-order chi connectivity index (χ0) is 15.8. The van der Waals surface area contributed by atoms with E-state index < -0.39 is 12.0 Å². The summed E-state index contributed by atoms with van der Waals surface area (Å²) < 4.78 is 5.24. The molecule has 1 aromatic rings. The molecule has 0 spiro atoms. The fourth-order valence-corrected chi connectivity index (χ4v) is 1.88. The highest BCUT2D eigenvalue weighted by Gasteiger charge is 2.16. The molecule has 0 aliphatic heterocycles. The molecule has 1 rings (SSSR count). The molecule has 0 heterocycles. The SMILES string of the molecule is C/C(=C\[C@H](C)[C@@H](O)c1ccc(OCCO)cc1)C(=O)NO. The number of carbonyl (C=O) groups excluding carboxylic acids is 1. The number of carbonyl (C=O) groups is 1. The van der Waals surface area contributed by atoms with Gasteiger partial charge in [0.15, 0.2) is 0 Å². The third-order valence-electron chi connectivity index (χ3n) is 3.05. The molecule has 21 heavy (non-hydrogen) atoms. The molecule has 2 atom stereocenters. The van der Waals surface area contributed by atoms with Crippen LogP contribution in [-0.2, 0) is 4.79 Å². The minimum Gasteiger partial charge on any atom is -0.491 e. The van der Waals surface area contributed by atoms with Gasteiger partial charge in [0.1, 0.15) is 12.4 Å². The monoisotopic (exact) mass is 295 g/mol. The van der Waals surface area contributed by atoms with Gasteiger partial charge in [0.25, 0.3) is 5.91 Å². The summed E-state index contributed by atoms with van der Waals surface area (Å²) in [6.07, 6.45) is 0.810. The van der Waals surface area contributed by atoms with Gasteiger partial charge in [-0.2, -0.15) is 0 Å². The summed E-state index contributed by atoms with van der Waals surface area (Å²) in [7, 11) is 0. The van der Waals surface area contributed by atoms with Crippen molar-refractivity contribution in [2.24, 2.45) is 5.92 Å². The number of amides is 1. The number of hydrogen-bond donors (Lipinski definition) is 4. The van der Waals surface area contributed by atoms with E-state index in [2.05, 4.69) is 0 Å². The van der Waals surface area contributed by atoms with Crippen LogP contribution in [0.1, 0.15) is 25.5 Å². The maximum absolute atomic E-state index is 11.2. The van der Waals surface area contributed by atoms with E-state index >= 15 is 0 Å². The number of ether oxygens (including phenoxy) is 1. The maximum Gasteiger partial charge on any atom is 0.269 e. The fraction of sp³-hybridized carbons (Fsp3) is 0.400. The second-order valence-electron chi connectivity index (χ2n) is 4.74. The van der Waals surface area contributed by atoms with Crippen LogP contribution >= 0.6 is 0 Å². The first-order valence-corrected chi connectivity index (χ1v) is 6.64. The second kappa shape index (κ2) is 8.41. The molecule has 0 saturated carbocycles. The normalized spacial score (nSPS) is 14.4. The van der Waals surface area contributed by atoms with Gasteiger partial charge >= 0.3 is 0 Å². The Kier molecular flexibility index (Phi) is 6.87. The molecule has 0 unspecified atom stereocenters. The Hall–Kier alpha value is -1.89. The van der Waals surface area contributed by atoms with Crippen LogP contribution in [0.15, 0.2) is 35.9 Å². The maximum atomic E-state index is 11.2. The first kappa shape index (κ1) is 17.2. The topological polar surface area (TPSA) is 99.0 Å². The minimum absolute atomic E-state index is 0.0571. The van der Waals surface area contributed by atoms with Crippen molar-refractivity contribution in [1.29, 1.82) is 0 Å². The Morgan fingerprint density at radius 1 is 1.38 bits per heavy atom. The van der Waals surface area contributed by atoms with Crippen LogP contribution in [-0.4, -0.2) is 34.5 Å². The molecule has 0 aliphatic carbocycles. The number of hydroxylamine groups is 1. The molecule has 0 radical (unpaired) electrons. The van der Waals surface area contributed by atoms with E-state index in [9.17, 15) is 9.90 Å². The van der Waals surface area contributed by atoms with Crippen LogP contribution in [0.2, 0.25) is 0 Å². The number of rotatable bonds is 7. The lowest BCUT2D eigenvalue weighted by molar-refractivity contribution is -0.125. The zero-order valence-electron chi connectivity index (χ0n) is 12.1. The smallest absolute Gasteiger partial charge is 0.269 e. The van der Waals surface area contributed by atoms with E-state index in [0.717, 1.165) is 0 Å². The van der Waals surface area contributed by atoms with Crippen molar-refractivity contribution in [2.45, 2.75) is 20.0 Å². The lowest BCUT2D eigenvalue weighted by Gasteiger charge is -2.17. The van der Waals surface area contributed by atoms with Crippen molar-refractivity contribution in [1.82, 2.24) is 5.48 Å². The average Bonchev–Trinajstić information content (AvgIpc) is 2.51. The molecule has 0 bridgehead atoms. The van der Waals surface area contributed by atoms with Crippen molar-refractivity contribution in [2.75, 3.05) is 13.2 Å². The molecule has 4 N–H and O–H groups in total. The zero-order valence-corrected chi connectivity index (χ0v) is 12.1. The third kappa shape index (κ3) is 5.18. The van der Waals surface area contributed by atoms with Gasteiger partial charge in [0.2, 0.25) is 0 Å². The van der Waals surface area contributed by atoms with E-state index in [-0.39, 0.29) is 19.1 Å². The van der Waals surface area contributed by atoms with E-state index in [4.69, 9.17) is 15.1 Å². The predicted octanol–water partition coefficient (Wildman–Crippen LogP) is 1.18. The number of hydrogen-bond acceptors (Lipinski definition) is 5. The molecule has 0 aromatic heterocycles. The van der Waals surface area contributed by atoms with Gasteiger partial charge in [-0.3, -0.25) is 10.0 Å². The summed E-state index contributed by atoms with van der Waals surface area (Å²) in [6.45, 7) is 3.49.